The number of aliphatic hydroxyl groups excluding tert-OH is 1. The first-order valence-corrected chi connectivity index (χ1v) is 11.3. The van der Waals surface area contributed by atoms with Gasteiger partial charge in [-0.2, -0.15) is 0 Å². The summed E-state index contributed by atoms with van der Waals surface area (Å²) in [6.45, 7) is 8.96. The van der Waals surface area contributed by atoms with Gasteiger partial charge in [-0.25, -0.2) is 0 Å². The average molecular weight is 439 g/mol. The van der Waals surface area contributed by atoms with Crippen molar-refractivity contribution in [3.05, 3.63) is 34.9 Å². The lowest BCUT2D eigenvalue weighted by Crippen LogP contribution is -2.46. The molecule has 7 nitrogen and oxygen atoms in total. The van der Waals surface area contributed by atoms with Crippen LogP contribution in [0.2, 0.25) is 5.02 Å². The van der Waals surface area contributed by atoms with Crippen LogP contribution in [0.3, 0.4) is 0 Å². The van der Waals surface area contributed by atoms with Crippen LogP contribution >= 0.6 is 11.6 Å². The van der Waals surface area contributed by atoms with E-state index in [2.05, 4.69) is 28.5 Å². The summed E-state index contributed by atoms with van der Waals surface area (Å²) < 4.78 is 11.1. The topological polar surface area (TPSA) is 78.4 Å². The van der Waals surface area contributed by atoms with E-state index >= 15 is 0 Å². The highest BCUT2D eigenvalue weighted by Crippen LogP contribution is 2.32. The minimum atomic E-state index is -0.0660. The van der Waals surface area contributed by atoms with E-state index in [1.54, 1.807) is 0 Å². The number of rotatable bonds is 9. The van der Waals surface area contributed by atoms with Crippen molar-refractivity contribution in [2.24, 2.45) is 10.4 Å². The molecular weight excluding hydrogens is 404 g/mol. The molecule has 2 aliphatic rings. The molecule has 0 bridgehead atoms. The summed E-state index contributed by atoms with van der Waals surface area (Å²) in [5.41, 5.74) is 1.05. The van der Waals surface area contributed by atoms with Crippen molar-refractivity contribution in [2.45, 2.75) is 25.8 Å². The summed E-state index contributed by atoms with van der Waals surface area (Å²) in [6, 6.07) is 8.17. The molecule has 0 spiro atoms. The van der Waals surface area contributed by atoms with E-state index < -0.39 is 0 Å². The molecule has 0 radical (unpaired) electrons. The van der Waals surface area contributed by atoms with Crippen LogP contribution in [0.4, 0.5) is 0 Å². The van der Waals surface area contributed by atoms with E-state index in [1.807, 2.05) is 18.2 Å². The number of morpholine rings is 1. The number of hydrogen-bond donors (Lipinski definition) is 3. The molecule has 3 N–H and O–H groups in total. The lowest BCUT2D eigenvalue weighted by atomic mass is 9.84. The molecule has 2 atom stereocenters. The molecule has 3 rings (SSSR count). The third kappa shape index (κ3) is 6.31. The molecule has 168 valence electrons. The van der Waals surface area contributed by atoms with Crippen LogP contribution in [0.15, 0.2) is 29.3 Å². The summed E-state index contributed by atoms with van der Waals surface area (Å²) in [4.78, 5) is 7.26. The number of guanidine groups is 1. The molecule has 0 aliphatic carbocycles. The number of ether oxygens (including phenoxy) is 2. The van der Waals surface area contributed by atoms with E-state index in [1.165, 1.54) is 0 Å². The minimum absolute atomic E-state index is 0.0660. The second-order valence-corrected chi connectivity index (χ2v) is 8.45. The second kappa shape index (κ2) is 11.9. The zero-order chi connectivity index (χ0) is 21.2. The van der Waals surface area contributed by atoms with Gasteiger partial charge in [0.25, 0.3) is 0 Å². The smallest absolute Gasteiger partial charge is 0.191 e. The first-order valence-electron chi connectivity index (χ1n) is 10.9. The highest BCUT2D eigenvalue weighted by molar-refractivity contribution is 6.31. The average Bonchev–Trinajstić information content (AvgIpc) is 3.23. The summed E-state index contributed by atoms with van der Waals surface area (Å²) in [5.74, 6) is 0.784. The van der Waals surface area contributed by atoms with Gasteiger partial charge in [-0.3, -0.25) is 9.89 Å². The molecule has 1 aromatic rings. The van der Waals surface area contributed by atoms with Crippen molar-refractivity contribution in [1.82, 2.24) is 15.5 Å². The van der Waals surface area contributed by atoms with E-state index in [0.29, 0.717) is 26.1 Å². The molecule has 2 saturated heterocycles. The Labute approximate surface area is 184 Å². The van der Waals surface area contributed by atoms with Crippen molar-refractivity contribution in [1.29, 1.82) is 0 Å². The zero-order valence-corrected chi connectivity index (χ0v) is 18.7. The fourth-order valence-electron chi connectivity index (χ4n) is 4.14. The van der Waals surface area contributed by atoms with Crippen LogP contribution in [-0.4, -0.2) is 81.7 Å². The molecule has 8 heteroatoms. The Kier molecular flexibility index (Phi) is 9.21. The van der Waals surface area contributed by atoms with Crippen LogP contribution in [-0.2, 0) is 9.47 Å². The number of aliphatic hydroxyl groups is 1. The largest absolute Gasteiger partial charge is 0.396 e. The van der Waals surface area contributed by atoms with Crippen LogP contribution in [0.25, 0.3) is 0 Å². The molecule has 2 heterocycles. The highest BCUT2D eigenvalue weighted by Gasteiger charge is 2.34. The van der Waals surface area contributed by atoms with Gasteiger partial charge in [-0.05, 0) is 31.4 Å². The van der Waals surface area contributed by atoms with Crippen LogP contribution in [0.1, 0.15) is 31.4 Å². The van der Waals surface area contributed by atoms with E-state index in [0.717, 1.165) is 62.4 Å². The first kappa shape index (κ1) is 23.3. The fourth-order valence-corrected chi connectivity index (χ4v) is 4.40. The van der Waals surface area contributed by atoms with Gasteiger partial charge in [0.05, 0.1) is 32.4 Å². The number of nitrogens with zero attached hydrogens (tertiary/aromatic N) is 2. The maximum atomic E-state index is 9.47. The van der Waals surface area contributed by atoms with E-state index in [4.69, 9.17) is 26.1 Å². The SMILES string of the molecule is CCNC(=NCC1(CCO)CCOC1)NCC(c1ccccc1Cl)N1CCOCC1. The van der Waals surface area contributed by atoms with Gasteiger partial charge in [0, 0.05) is 49.8 Å². The lowest BCUT2D eigenvalue weighted by molar-refractivity contribution is 0.0170. The summed E-state index contributed by atoms with van der Waals surface area (Å²) in [7, 11) is 0. The lowest BCUT2D eigenvalue weighted by Gasteiger charge is -2.35. The standard InChI is InChI=1S/C22H35ClN4O3/c1-2-24-21(26-16-22(7-11-28)8-12-30-17-22)25-15-20(27-9-13-29-14-10-27)18-5-3-4-6-19(18)23/h3-6,20,28H,2,7-17H2,1H3,(H2,24,25,26). The maximum absolute atomic E-state index is 9.47. The van der Waals surface area contributed by atoms with Gasteiger partial charge < -0.3 is 25.2 Å². The Hall–Kier alpha value is -1.38. The molecular formula is C22H35ClN4O3. The Morgan fingerprint density at radius 3 is 2.70 bits per heavy atom. The molecule has 1 aromatic carbocycles. The Morgan fingerprint density at radius 1 is 1.23 bits per heavy atom. The molecule has 2 fully saturated rings. The molecule has 2 unspecified atom stereocenters. The Bertz CT molecular complexity index is 676. The van der Waals surface area contributed by atoms with Gasteiger partial charge in [0.2, 0.25) is 0 Å². The Balaban J connectivity index is 1.71. The summed E-state index contributed by atoms with van der Waals surface area (Å²) in [5, 5.41) is 17.1. The molecule has 0 amide bonds. The first-order chi connectivity index (χ1) is 14.7. The van der Waals surface area contributed by atoms with Crippen molar-refractivity contribution in [3.8, 4) is 0 Å². The van der Waals surface area contributed by atoms with Crippen molar-refractivity contribution < 1.29 is 14.6 Å². The highest BCUT2D eigenvalue weighted by atomic mass is 35.5. The van der Waals surface area contributed by atoms with E-state index in [-0.39, 0.29) is 18.1 Å². The second-order valence-electron chi connectivity index (χ2n) is 8.04. The van der Waals surface area contributed by atoms with Gasteiger partial charge in [0.1, 0.15) is 0 Å². The number of benzene rings is 1. The van der Waals surface area contributed by atoms with Gasteiger partial charge in [0.15, 0.2) is 5.96 Å². The number of nitrogens with one attached hydrogen (secondary N) is 2. The molecule has 0 aromatic heterocycles. The van der Waals surface area contributed by atoms with Crippen molar-refractivity contribution >= 4 is 17.6 Å². The number of hydrogen-bond acceptors (Lipinski definition) is 5. The van der Waals surface area contributed by atoms with Crippen molar-refractivity contribution in [3.63, 3.8) is 0 Å². The monoisotopic (exact) mass is 438 g/mol. The minimum Gasteiger partial charge on any atom is -0.396 e. The normalized spacial score (nSPS) is 24.0. The van der Waals surface area contributed by atoms with Gasteiger partial charge >= 0.3 is 0 Å². The predicted octanol–water partition coefficient (Wildman–Crippen LogP) is 2.06. The molecule has 30 heavy (non-hydrogen) atoms. The summed E-state index contributed by atoms with van der Waals surface area (Å²) >= 11 is 6.55. The maximum Gasteiger partial charge on any atom is 0.191 e. The zero-order valence-electron chi connectivity index (χ0n) is 17.9. The number of aliphatic imine (C=N–C) groups is 1. The van der Waals surface area contributed by atoms with Gasteiger partial charge in [-0.15, -0.1) is 0 Å². The summed E-state index contributed by atoms with van der Waals surface area (Å²) in [6.07, 6.45) is 1.65. The quantitative estimate of drug-likeness (QED) is 0.404. The van der Waals surface area contributed by atoms with Crippen LogP contribution in [0.5, 0.6) is 0 Å². The molecule has 2 aliphatic heterocycles. The third-order valence-electron chi connectivity index (χ3n) is 5.96. The fraction of sp³-hybridized carbons (Fsp3) is 0.682. The van der Waals surface area contributed by atoms with Crippen LogP contribution in [0, 0.1) is 5.41 Å². The van der Waals surface area contributed by atoms with E-state index in [9.17, 15) is 5.11 Å². The molecule has 0 saturated carbocycles. The Morgan fingerprint density at radius 2 is 2.03 bits per heavy atom. The van der Waals surface area contributed by atoms with Crippen molar-refractivity contribution in [2.75, 3.05) is 65.8 Å². The third-order valence-corrected chi connectivity index (χ3v) is 6.30. The predicted molar refractivity (Wildman–Crippen MR) is 120 cm³/mol. The van der Waals surface area contributed by atoms with Crippen LogP contribution < -0.4 is 10.6 Å². The number of halogens is 1. The van der Waals surface area contributed by atoms with Gasteiger partial charge in [-0.1, -0.05) is 29.8 Å².